The fourth-order valence-corrected chi connectivity index (χ4v) is 9.30. The highest BCUT2D eigenvalue weighted by atomic mass is 16.6. The second-order valence-electron chi connectivity index (χ2n) is 21.3. The molecule has 0 aromatic heterocycles. The van der Waals surface area contributed by atoms with Crippen LogP contribution in [0.4, 0.5) is 0 Å². The van der Waals surface area contributed by atoms with Crippen molar-refractivity contribution in [1.82, 2.24) is 15.1 Å². The lowest BCUT2D eigenvalue weighted by atomic mass is 9.82. The molecule has 1 amide bonds. The molecule has 2 unspecified atom stereocenters. The number of esters is 4. The Bertz CT molecular complexity index is 1840. The Hall–Kier alpha value is -4.23. The maximum atomic E-state index is 13.6. The second kappa shape index (κ2) is 36.7. The molecule has 0 radical (unpaired) electrons. The third-order valence-corrected chi connectivity index (χ3v) is 14.9. The minimum atomic E-state index is -0.973. The van der Waals surface area contributed by atoms with Gasteiger partial charge in [0.1, 0.15) is 36.5 Å². The van der Waals surface area contributed by atoms with E-state index in [2.05, 4.69) is 25.2 Å². The van der Waals surface area contributed by atoms with Crippen molar-refractivity contribution in [3.8, 4) is 0 Å². The summed E-state index contributed by atoms with van der Waals surface area (Å²) in [5.41, 5.74) is 1.10. The molecule has 17 atom stereocenters. The molecule has 0 saturated carbocycles. The number of cyclic esters (lactones) is 1. The molecule has 0 aromatic rings. The van der Waals surface area contributed by atoms with E-state index in [1.165, 1.54) is 25.0 Å². The van der Waals surface area contributed by atoms with Gasteiger partial charge in [0.2, 0.25) is 6.41 Å². The quantitative estimate of drug-likeness (QED) is 0.0394. The molecule has 75 heavy (non-hydrogen) atoms. The minimum absolute atomic E-state index is 0.128. The molecule has 1 rings (SSSR count). The summed E-state index contributed by atoms with van der Waals surface area (Å²) in [5.74, 6) is -4.25. The number of likely N-dealkylation sites (N-methyl/N-ethyl adjacent to an activating group) is 2. The maximum absolute atomic E-state index is 13.6. The molecule has 430 valence electrons. The highest BCUT2D eigenvalue weighted by Gasteiger charge is 2.37. The highest BCUT2D eigenvalue weighted by molar-refractivity contribution is 5.82. The van der Waals surface area contributed by atoms with E-state index in [1.54, 1.807) is 84.7 Å². The number of rotatable bonds is 23. The SMILES string of the molecule is CNC(C)C(=O)O[C@H](CC[C@H](C)[C@H](O)[C@H](C)[C@@H]1C/C=C/[C@H](OC)C[C@H](C)C/C=C(\C)[C@@H](OC)CC[C@@H](C)[C@@H](O)[C@H](C)[C@H](OC(=O)C(COC)N(C)C)C/C=C/C=C/C(=O)O1)[C@H](C)[C@H](OC(C)=O)[C@H](C)/C=C/N(C)C=O. The van der Waals surface area contributed by atoms with E-state index in [0.717, 1.165) is 18.4 Å². The van der Waals surface area contributed by atoms with Crippen LogP contribution < -0.4 is 5.32 Å². The van der Waals surface area contributed by atoms with Gasteiger partial charge in [0.05, 0.1) is 31.0 Å². The summed E-state index contributed by atoms with van der Waals surface area (Å²) in [5, 5.41) is 26.6. The van der Waals surface area contributed by atoms with Crippen molar-refractivity contribution >= 4 is 30.3 Å². The normalized spacial score (nSPS) is 28.7. The smallest absolute Gasteiger partial charge is 0.331 e. The number of carbonyl (C=O) groups excluding carboxylic acids is 5. The number of amides is 1. The summed E-state index contributed by atoms with van der Waals surface area (Å²) in [6.07, 6.45) is 15.5. The average Bonchev–Trinajstić information content (AvgIpc) is 3.38. The van der Waals surface area contributed by atoms with Gasteiger partial charge in [0.25, 0.3) is 0 Å². The summed E-state index contributed by atoms with van der Waals surface area (Å²) in [7, 11) is 11.7. The molecule has 1 aliphatic heterocycles. The van der Waals surface area contributed by atoms with Crippen LogP contribution in [0.5, 0.6) is 0 Å². The number of nitrogens with one attached hydrogen (secondary N) is 1. The number of methoxy groups -OCH3 is 3. The van der Waals surface area contributed by atoms with Crippen LogP contribution >= 0.6 is 0 Å². The van der Waals surface area contributed by atoms with Crippen molar-refractivity contribution in [2.24, 2.45) is 41.4 Å². The van der Waals surface area contributed by atoms with Crippen molar-refractivity contribution in [3.63, 3.8) is 0 Å². The van der Waals surface area contributed by atoms with Crippen molar-refractivity contribution in [2.75, 3.05) is 56.1 Å². The monoisotopic (exact) mass is 1060 g/mol. The Labute approximate surface area is 450 Å². The van der Waals surface area contributed by atoms with Crippen LogP contribution in [-0.4, -0.2) is 167 Å². The van der Waals surface area contributed by atoms with Gasteiger partial charge in [0, 0.05) is 84.1 Å². The molecular weight excluding hydrogens is 963 g/mol. The zero-order valence-corrected chi connectivity index (χ0v) is 48.6. The van der Waals surface area contributed by atoms with E-state index in [4.69, 9.17) is 33.2 Å². The maximum Gasteiger partial charge on any atom is 0.331 e. The van der Waals surface area contributed by atoms with Crippen molar-refractivity contribution in [3.05, 3.63) is 60.4 Å². The van der Waals surface area contributed by atoms with E-state index in [9.17, 15) is 34.2 Å². The fraction of sp³-hybridized carbons (Fsp3) is 0.741. The van der Waals surface area contributed by atoms with Crippen LogP contribution in [0.15, 0.2) is 60.4 Å². The lowest BCUT2D eigenvalue weighted by Crippen LogP contribution is -2.44. The van der Waals surface area contributed by atoms with E-state index in [-0.39, 0.29) is 55.3 Å². The van der Waals surface area contributed by atoms with Gasteiger partial charge in [0.15, 0.2) is 0 Å². The minimum Gasteiger partial charge on any atom is -0.462 e. The van der Waals surface area contributed by atoms with Crippen molar-refractivity contribution in [2.45, 2.75) is 182 Å². The van der Waals surface area contributed by atoms with Crippen LogP contribution in [0.25, 0.3) is 0 Å². The predicted octanol–water partition coefficient (Wildman–Crippen LogP) is 7.39. The van der Waals surface area contributed by atoms with Gasteiger partial charge in [-0.2, -0.15) is 0 Å². The lowest BCUT2D eigenvalue weighted by Gasteiger charge is -2.35. The van der Waals surface area contributed by atoms with Gasteiger partial charge in [-0.3, -0.25) is 24.1 Å². The molecule has 0 spiro atoms. The lowest BCUT2D eigenvalue weighted by molar-refractivity contribution is -0.164. The average molecular weight is 1060 g/mol. The van der Waals surface area contributed by atoms with E-state index >= 15 is 0 Å². The van der Waals surface area contributed by atoms with E-state index in [1.807, 2.05) is 53.7 Å². The number of carbonyl (C=O) groups is 5. The number of ether oxygens (including phenoxy) is 7. The van der Waals surface area contributed by atoms with Crippen LogP contribution in [0.3, 0.4) is 0 Å². The number of hydrogen-bond acceptors (Lipinski definition) is 16. The zero-order chi connectivity index (χ0) is 56.9. The van der Waals surface area contributed by atoms with E-state index in [0.29, 0.717) is 32.1 Å². The molecule has 0 saturated heterocycles. The molecular formula is C58H99N3O14. The summed E-state index contributed by atoms with van der Waals surface area (Å²) < 4.78 is 41.3. The van der Waals surface area contributed by atoms with Gasteiger partial charge in [-0.15, -0.1) is 0 Å². The zero-order valence-electron chi connectivity index (χ0n) is 48.6. The molecule has 0 fully saturated rings. The fourth-order valence-electron chi connectivity index (χ4n) is 9.30. The first-order valence-electron chi connectivity index (χ1n) is 26.9. The number of hydrogen-bond donors (Lipinski definition) is 3. The standard InChI is InChI=1S/C58H99N3O14/c1-37-26-27-38(2)49(71-17)30-28-39(3)55(66)43(7)51(75-58(68)48(35-69-15)60(12)13)23-19-18-20-25-53(64)73-50(24-21-22-47(34-37)70-16)42(6)54(65)40(4)29-31-52(74-57(67)45(9)59-11)44(8)56(72-46(10)63)41(5)32-33-61(14)36-62/h18-22,25,27,32-33,36-37,39-45,47-52,54-56,59,65-66H,23-24,26,28-31,34-35H2,1-17H3/b19-18+,22-21+,25-20+,33-32+,38-27+/t37-,39-,40+,41-,42-,43-,44+,45?,47+,48?,49+,50+,51-,52-,54+,55-,56-/m1/s1. The van der Waals surface area contributed by atoms with Gasteiger partial charge in [-0.25, -0.2) is 4.79 Å². The predicted molar refractivity (Wildman–Crippen MR) is 292 cm³/mol. The number of nitrogens with zero attached hydrogens (tertiary/aromatic N) is 2. The summed E-state index contributed by atoms with van der Waals surface area (Å²) in [4.78, 5) is 67.2. The van der Waals surface area contributed by atoms with Crippen LogP contribution in [0, 0.1) is 41.4 Å². The molecule has 17 heteroatoms. The largest absolute Gasteiger partial charge is 0.462 e. The molecule has 0 bridgehead atoms. The molecule has 17 nitrogen and oxygen atoms in total. The van der Waals surface area contributed by atoms with Crippen LogP contribution in [-0.2, 0) is 57.1 Å². The van der Waals surface area contributed by atoms with Gasteiger partial charge in [-0.1, -0.05) is 91.0 Å². The molecule has 0 aromatic carbocycles. The first-order chi connectivity index (χ1) is 35.4. The molecule has 3 N–H and O–H groups in total. The van der Waals surface area contributed by atoms with E-state index < -0.39 is 90.3 Å². The summed E-state index contributed by atoms with van der Waals surface area (Å²) in [6.45, 7) is 18.7. The Morgan fingerprint density at radius 1 is 0.920 bits per heavy atom. The highest BCUT2D eigenvalue weighted by Crippen LogP contribution is 2.32. The number of allylic oxidation sites excluding steroid dienone is 3. The summed E-state index contributed by atoms with van der Waals surface area (Å²) >= 11 is 0. The Morgan fingerprint density at radius 2 is 1.60 bits per heavy atom. The van der Waals surface area contributed by atoms with Crippen molar-refractivity contribution < 1.29 is 67.3 Å². The van der Waals surface area contributed by atoms with Gasteiger partial charge in [-0.05, 0) is 96.8 Å². The number of aliphatic hydroxyl groups is 2. The molecule has 1 heterocycles. The first kappa shape index (κ1) is 68.8. The third kappa shape index (κ3) is 25.2. The van der Waals surface area contributed by atoms with Crippen molar-refractivity contribution in [1.29, 1.82) is 0 Å². The second-order valence-corrected chi connectivity index (χ2v) is 21.3. The third-order valence-electron chi connectivity index (χ3n) is 14.9. The Morgan fingerprint density at radius 3 is 2.19 bits per heavy atom. The van der Waals surface area contributed by atoms with Gasteiger partial charge >= 0.3 is 23.9 Å². The Kier molecular flexibility index (Phi) is 33.7. The van der Waals surface area contributed by atoms with Gasteiger partial charge < -0.3 is 53.6 Å². The van der Waals surface area contributed by atoms with Crippen LogP contribution in [0.2, 0.25) is 0 Å². The molecule has 1 aliphatic rings. The Balaban J connectivity index is 3.67. The number of aliphatic hydroxyl groups excluding tert-OH is 2. The molecule has 0 aliphatic carbocycles. The topological polar surface area (TPSA) is 209 Å². The first-order valence-corrected chi connectivity index (χ1v) is 26.9. The van der Waals surface area contributed by atoms with Crippen LogP contribution in [0.1, 0.15) is 121 Å². The summed E-state index contributed by atoms with van der Waals surface area (Å²) in [6, 6.07) is -1.28.